The first-order chi connectivity index (χ1) is 10.7. The standard InChI is InChI=1S/C13H13N7O2.3ClH/c14-13(19-17-11(21)9-3-1-5-15-7-9)20-18-12(22)10-4-2-6-16-8-10;;;/h1-8H,(H,17,21)(H,18,22)(H3,14,19,20);3*1H. The largest absolute Gasteiger partial charge is 0.367 e. The number of halogens is 3. The van der Waals surface area contributed by atoms with Gasteiger partial charge < -0.3 is 5.73 Å². The van der Waals surface area contributed by atoms with Crippen LogP contribution in [0.15, 0.2) is 54.2 Å². The fourth-order valence-electron chi connectivity index (χ4n) is 1.39. The molecule has 0 aromatic carbocycles. The van der Waals surface area contributed by atoms with Crippen molar-refractivity contribution in [2.24, 2.45) is 10.8 Å². The van der Waals surface area contributed by atoms with E-state index in [1.165, 1.54) is 12.4 Å². The zero-order valence-electron chi connectivity index (χ0n) is 12.6. The average molecular weight is 409 g/mol. The molecule has 0 atom stereocenters. The first kappa shape index (κ1) is 24.6. The molecule has 2 aromatic heterocycles. The molecule has 0 aliphatic carbocycles. The van der Waals surface area contributed by atoms with E-state index in [-0.39, 0.29) is 43.2 Å². The zero-order valence-corrected chi connectivity index (χ0v) is 15.0. The summed E-state index contributed by atoms with van der Waals surface area (Å²) in [5, 5.41) is 3.59. The van der Waals surface area contributed by atoms with Gasteiger partial charge in [-0.3, -0.25) is 30.4 Å². The Balaban J connectivity index is 0. The van der Waals surface area contributed by atoms with Gasteiger partial charge in [-0.05, 0) is 24.3 Å². The number of carbonyl (C=O) groups excluding carboxylic acids is 2. The number of amides is 2. The van der Waals surface area contributed by atoms with Crippen LogP contribution in [0.2, 0.25) is 0 Å². The minimum absolute atomic E-state index is 0. The molecule has 2 heterocycles. The number of nitrogens with two attached hydrogens (primary N) is 1. The summed E-state index contributed by atoms with van der Waals surface area (Å²) in [5.41, 5.74) is 13.1. The molecule has 0 aliphatic rings. The van der Waals surface area contributed by atoms with Crippen molar-refractivity contribution in [2.45, 2.75) is 0 Å². The summed E-state index contributed by atoms with van der Waals surface area (Å²) in [6, 6.07) is 6.40. The summed E-state index contributed by atoms with van der Waals surface area (Å²) in [7, 11) is 0. The number of pyridine rings is 2. The zero-order chi connectivity index (χ0) is 15.8. The topological polar surface area (TPSA) is 134 Å². The van der Waals surface area contributed by atoms with Gasteiger partial charge in [0, 0.05) is 24.8 Å². The van der Waals surface area contributed by atoms with E-state index in [1.54, 1.807) is 36.7 Å². The summed E-state index contributed by atoms with van der Waals surface area (Å²) < 4.78 is 0. The first-order valence-electron chi connectivity index (χ1n) is 6.16. The lowest BCUT2D eigenvalue weighted by atomic mass is 10.3. The van der Waals surface area contributed by atoms with Gasteiger partial charge in [-0.1, -0.05) is 0 Å². The molecule has 0 aliphatic heterocycles. The third-order valence-corrected chi connectivity index (χ3v) is 2.43. The van der Waals surface area contributed by atoms with Crippen LogP contribution >= 0.6 is 37.2 Å². The molecular formula is C13H16Cl3N7O2. The van der Waals surface area contributed by atoms with Crippen molar-refractivity contribution < 1.29 is 9.59 Å². The maximum absolute atomic E-state index is 11.7. The molecule has 2 aromatic rings. The molecule has 9 nitrogen and oxygen atoms in total. The number of hydrogen-bond donors (Lipinski definition) is 4. The highest BCUT2D eigenvalue weighted by Crippen LogP contribution is 1.95. The highest BCUT2D eigenvalue weighted by atomic mass is 35.5. The first-order valence-corrected chi connectivity index (χ1v) is 6.16. The average Bonchev–Trinajstić information content (AvgIpc) is 2.59. The van der Waals surface area contributed by atoms with Crippen molar-refractivity contribution in [1.29, 1.82) is 0 Å². The second-order valence-corrected chi connectivity index (χ2v) is 4.00. The fraction of sp³-hybridized carbons (Fsp3) is 0. The molecule has 0 saturated carbocycles. The van der Waals surface area contributed by atoms with Gasteiger partial charge in [0.25, 0.3) is 11.8 Å². The molecule has 0 bridgehead atoms. The molecule has 2 amide bonds. The molecule has 25 heavy (non-hydrogen) atoms. The van der Waals surface area contributed by atoms with E-state index in [0.717, 1.165) is 0 Å². The minimum atomic E-state index is -0.476. The van der Waals surface area contributed by atoms with Crippen molar-refractivity contribution in [3.05, 3.63) is 60.2 Å². The van der Waals surface area contributed by atoms with Gasteiger partial charge in [0.15, 0.2) is 0 Å². The van der Waals surface area contributed by atoms with Gasteiger partial charge in [0.1, 0.15) is 0 Å². The molecular weight excluding hydrogens is 393 g/mol. The molecule has 2 rings (SSSR count). The summed E-state index contributed by atoms with van der Waals surface area (Å²) in [6.07, 6.45) is 5.88. The number of nitrogens with one attached hydrogen (secondary N) is 3. The van der Waals surface area contributed by atoms with Crippen LogP contribution < -0.4 is 22.0 Å². The fourth-order valence-corrected chi connectivity index (χ4v) is 1.39. The number of aromatic nitrogens is 2. The van der Waals surface area contributed by atoms with Crippen LogP contribution in [0, 0.1) is 0 Å². The van der Waals surface area contributed by atoms with Crippen molar-refractivity contribution in [1.82, 2.24) is 26.2 Å². The Labute approximate surface area is 162 Å². The SMILES string of the molecule is Cl.Cl.Cl.N/C(=N/NC(=O)c1cccnc1)NNC(=O)c1cccnc1. The number of hydrogen-bond acceptors (Lipinski definition) is 5. The van der Waals surface area contributed by atoms with E-state index in [0.29, 0.717) is 11.1 Å². The number of rotatable bonds is 3. The lowest BCUT2D eigenvalue weighted by molar-refractivity contribution is 0.0942. The third kappa shape index (κ3) is 8.15. The van der Waals surface area contributed by atoms with E-state index >= 15 is 0 Å². The number of hydrazone groups is 1. The Kier molecular flexibility index (Phi) is 12.6. The van der Waals surface area contributed by atoms with Crippen LogP contribution in [0.3, 0.4) is 0 Å². The Morgan fingerprint density at radius 3 is 1.88 bits per heavy atom. The van der Waals surface area contributed by atoms with Crippen molar-refractivity contribution in [3.8, 4) is 0 Å². The lowest BCUT2D eigenvalue weighted by Gasteiger charge is -2.07. The van der Waals surface area contributed by atoms with E-state index < -0.39 is 11.8 Å². The third-order valence-electron chi connectivity index (χ3n) is 2.43. The Hall–Kier alpha value is -2.62. The number of carbonyl (C=O) groups is 2. The maximum atomic E-state index is 11.7. The quantitative estimate of drug-likeness (QED) is 0.334. The van der Waals surface area contributed by atoms with E-state index in [1.807, 2.05) is 0 Å². The van der Waals surface area contributed by atoms with Gasteiger partial charge in [-0.25, -0.2) is 5.43 Å². The molecule has 0 saturated heterocycles. The Morgan fingerprint density at radius 1 is 0.880 bits per heavy atom. The van der Waals surface area contributed by atoms with Crippen molar-refractivity contribution >= 4 is 55.0 Å². The maximum Gasteiger partial charge on any atom is 0.273 e. The predicted octanol–water partition coefficient (Wildman–Crippen LogP) is 0.636. The van der Waals surface area contributed by atoms with Crippen LogP contribution in [-0.2, 0) is 0 Å². The van der Waals surface area contributed by atoms with Gasteiger partial charge >= 0.3 is 0 Å². The molecule has 0 radical (unpaired) electrons. The van der Waals surface area contributed by atoms with Gasteiger partial charge in [0.05, 0.1) is 11.1 Å². The van der Waals surface area contributed by atoms with E-state index in [2.05, 4.69) is 31.3 Å². The lowest BCUT2D eigenvalue weighted by Crippen LogP contribution is -2.46. The second-order valence-electron chi connectivity index (χ2n) is 4.00. The molecule has 12 heteroatoms. The predicted molar refractivity (Wildman–Crippen MR) is 99.9 cm³/mol. The molecule has 0 spiro atoms. The van der Waals surface area contributed by atoms with Crippen LogP contribution in [0.1, 0.15) is 20.7 Å². The number of hydrazine groups is 1. The monoisotopic (exact) mass is 407 g/mol. The van der Waals surface area contributed by atoms with Gasteiger partial charge in [0.2, 0.25) is 5.96 Å². The molecule has 5 N–H and O–H groups in total. The van der Waals surface area contributed by atoms with Gasteiger partial charge in [-0.15, -0.1) is 42.3 Å². The highest BCUT2D eigenvalue weighted by molar-refractivity contribution is 5.96. The molecule has 136 valence electrons. The van der Waals surface area contributed by atoms with Gasteiger partial charge in [-0.2, -0.15) is 0 Å². The van der Waals surface area contributed by atoms with Crippen molar-refractivity contribution in [2.75, 3.05) is 0 Å². The van der Waals surface area contributed by atoms with Crippen LogP contribution in [0.25, 0.3) is 0 Å². The highest BCUT2D eigenvalue weighted by Gasteiger charge is 2.06. The Bertz CT molecular complexity index is 687. The normalized spacial score (nSPS) is 9.36. The number of guanidine groups is 1. The van der Waals surface area contributed by atoms with E-state index in [9.17, 15) is 9.59 Å². The van der Waals surface area contributed by atoms with Crippen LogP contribution in [0.5, 0.6) is 0 Å². The van der Waals surface area contributed by atoms with Crippen LogP contribution in [-0.4, -0.2) is 27.7 Å². The second kappa shape index (κ2) is 12.8. The van der Waals surface area contributed by atoms with Crippen LogP contribution in [0.4, 0.5) is 0 Å². The summed E-state index contributed by atoms with van der Waals surface area (Å²) in [5.74, 6) is -1.10. The summed E-state index contributed by atoms with van der Waals surface area (Å²) in [6.45, 7) is 0. The minimum Gasteiger partial charge on any atom is -0.367 e. The smallest absolute Gasteiger partial charge is 0.273 e. The number of nitrogens with zero attached hydrogens (tertiary/aromatic N) is 3. The molecule has 0 fully saturated rings. The Morgan fingerprint density at radius 2 is 1.40 bits per heavy atom. The van der Waals surface area contributed by atoms with E-state index in [4.69, 9.17) is 5.73 Å². The van der Waals surface area contributed by atoms with Crippen molar-refractivity contribution in [3.63, 3.8) is 0 Å². The summed E-state index contributed by atoms with van der Waals surface area (Å²) >= 11 is 0. The molecule has 0 unspecified atom stereocenters. The summed E-state index contributed by atoms with van der Waals surface area (Å²) in [4.78, 5) is 31.0.